The van der Waals surface area contributed by atoms with Crippen LogP contribution >= 0.6 is 23.4 Å². The number of halogens is 1. The molecule has 2 aromatic carbocycles. The first-order chi connectivity index (χ1) is 13.1. The van der Waals surface area contributed by atoms with Gasteiger partial charge in [-0.05, 0) is 36.8 Å². The highest BCUT2D eigenvalue weighted by Gasteiger charge is 2.13. The number of aryl methyl sites for hydroxylation is 1. The van der Waals surface area contributed by atoms with Crippen LogP contribution in [-0.4, -0.2) is 29.8 Å². The fourth-order valence-corrected chi connectivity index (χ4v) is 3.70. The number of thioether (sulfide) groups is 1. The summed E-state index contributed by atoms with van der Waals surface area (Å²) in [4.78, 5) is 0. The predicted octanol–water partition coefficient (Wildman–Crippen LogP) is 4.57. The molecular weight excluding hydrogens is 380 g/mol. The van der Waals surface area contributed by atoms with Crippen molar-refractivity contribution in [1.82, 2.24) is 29.8 Å². The summed E-state index contributed by atoms with van der Waals surface area (Å²) in [5.41, 5.74) is 3.93. The molecule has 0 aliphatic carbocycles. The Bertz CT molecular complexity index is 1060. The van der Waals surface area contributed by atoms with Crippen molar-refractivity contribution < 1.29 is 0 Å². The Morgan fingerprint density at radius 2 is 1.89 bits per heavy atom. The van der Waals surface area contributed by atoms with Gasteiger partial charge in [-0.3, -0.25) is 0 Å². The molecule has 2 heterocycles. The van der Waals surface area contributed by atoms with Crippen LogP contribution in [0.25, 0.3) is 16.9 Å². The van der Waals surface area contributed by atoms with E-state index in [2.05, 4.69) is 39.6 Å². The number of hydrogen-bond donors (Lipinski definition) is 0. The summed E-state index contributed by atoms with van der Waals surface area (Å²) in [5, 5.41) is 18.5. The lowest BCUT2D eigenvalue weighted by Crippen LogP contribution is -1.98. The van der Waals surface area contributed by atoms with Gasteiger partial charge >= 0.3 is 0 Å². The van der Waals surface area contributed by atoms with E-state index in [-0.39, 0.29) is 5.25 Å². The van der Waals surface area contributed by atoms with Crippen molar-refractivity contribution in [2.75, 3.05) is 0 Å². The summed E-state index contributed by atoms with van der Waals surface area (Å²) in [7, 11) is 1.94. The first-order valence-electron chi connectivity index (χ1n) is 8.39. The van der Waals surface area contributed by atoms with Crippen molar-refractivity contribution in [3.8, 4) is 16.9 Å². The largest absolute Gasteiger partial charge is 0.312 e. The minimum atomic E-state index is 0.229. The molecule has 6 nitrogen and oxygen atoms in total. The molecule has 0 amide bonds. The molecule has 1 unspecified atom stereocenters. The van der Waals surface area contributed by atoms with Gasteiger partial charge < -0.3 is 4.57 Å². The highest BCUT2D eigenvalue weighted by Crippen LogP contribution is 2.34. The van der Waals surface area contributed by atoms with E-state index in [1.54, 1.807) is 22.8 Å². The van der Waals surface area contributed by atoms with Crippen molar-refractivity contribution in [3.05, 3.63) is 71.6 Å². The topological polar surface area (TPSA) is 61.4 Å². The molecule has 0 fully saturated rings. The number of nitrogens with zero attached hydrogens (tertiary/aromatic N) is 6. The third-order valence-corrected chi connectivity index (χ3v) is 5.65. The van der Waals surface area contributed by atoms with Gasteiger partial charge in [0, 0.05) is 22.9 Å². The first kappa shape index (κ1) is 17.8. The van der Waals surface area contributed by atoms with Gasteiger partial charge in [0.05, 0.1) is 11.9 Å². The molecule has 4 rings (SSSR count). The third kappa shape index (κ3) is 3.89. The maximum Gasteiger partial charge on any atom is 0.191 e. The standard InChI is InChI=1S/C19H17ClN6S/c1-13(27-19-23-21-12-25(19)2)15-4-3-5-17(10-15)26-11-18(22-24-26)14-6-8-16(20)9-7-14/h3-13H,1-2H3. The maximum atomic E-state index is 5.95. The van der Waals surface area contributed by atoms with E-state index in [9.17, 15) is 0 Å². The van der Waals surface area contributed by atoms with Crippen molar-refractivity contribution >= 4 is 23.4 Å². The van der Waals surface area contributed by atoms with E-state index in [4.69, 9.17) is 11.6 Å². The number of hydrogen-bond acceptors (Lipinski definition) is 5. The molecule has 27 heavy (non-hydrogen) atoms. The minimum absolute atomic E-state index is 0.229. The Balaban J connectivity index is 1.57. The summed E-state index contributed by atoms with van der Waals surface area (Å²) in [6, 6.07) is 15.8. The summed E-state index contributed by atoms with van der Waals surface area (Å²) in [6.45, 7) is 2.15. The van der Waals surface area contributed by atoms with E-state index < -0.39 is 0 Å². The zero-order valence-electron chi connectivity index (χ0n) is 14.8. The zero-order chi connectivity index (χ0) is 18.8. The van der Waals surface area contributed by atoms with E-state index in [0.29, 0.717) is 5.02 Å². The lowest BCUT2D eigenvalue weighted by molar-refractivity contribution is 0.784. The van der Waals surface area contributed by atoms with Crippen molar-refractivity contribution in [2.45, 2.75) is 17.3 Å². The lowest BCUT2D eigenvalue weighted by Gasteiger charge is -2.12. The molecule has 136 valence electrons. The average Bonchev–Trinajstić information content (AvgIpc) is 3.32. The Morgan fingerprint density at radius 1 is 1.07 bits per heavy atom. The van der Waals surface area contributed by atoms with Gasteiger partial charge in [-0.2, -0.15) is 0 Å². The number of benzene rings is 2. The van der Waals surface area contributed by atoms with Gasteiger partial charge in [0.2, 0.25) is 0 Å². The SMILES string of the molecule is CC(Sc1nncn1C)c1cccc(-n2cc(-c3ccc(Cl)cc3)nn2)c1. The molecule has 1 atom stereocenters. The molecule has 0 aliphatic heterocycles. The maximum absolute atomic E-state index is 5.95. The van der Waals surface area contributed by atoms with E-state index >= 15 is 0 Å². The second kappa shape index (κ2) is 7.54. The molecule has 8 heteroatoms. The second-order valence-electron chi connectivity index (χ2n) is 6.13. The van der Waals surface area contributed by atoms with Gasteiger partial charge in [-0.25, -0.2) is 4.68 Å². The van der Waals surface area contributed by atoms with E-state index in [1.165, 1.54) is 5.56 Å². The summed E-state index contributed by atoms with van der Waals surface area (Å²) in [5.74, 6) is 0. The quantitative estimate of drug-likeness (QED) is 0.462. The van der Waals surface area contributed by atoms with Crippen molar-refractivity contribution in [1.29, 1.82) is 0 Å². The van der Waals surface area contributed by atoms with E-state index in [1.807, 2.05) is 54.2 Å². The van der Waals surface area contributed by atoms with Gasteiger partial charge in [0.1, 0.15) is 12.0 Å². The van der Waals surface area contributed by atoms with Crippen LogP contribution in [0.1, 0.15) is 17.7 Å². The Hall–Kier alpha value is -2.64. The predicted molar refractivity (Wildman–Crippen MR) is 107 cm³/mol. The smallest absolute Gasteiger partial charge is 0.191 e. The van der Waals surface area contributed by atoms with Gasteiger partial charge in [0.25, 0.3) is 0 Å². The van der Waals surface area contributed by atoms with Crippen molar-refractivity contribution in [2.24, 2.45) is 7.05 Å². The molecule has 2 aromatic heterocycles. The number of aromatic nitrogens is 6. The molecule has 0 aliphatic rings. The monoisotopic (exact) mass is 396 g/mol. The molecule has 0 saturated carbocycles. The summed E-state index contributed by atoms with van der Waals surface area (Å²) in [6.07, 6.45) is 3.63. The highest BCUT2D eigenvalue weighted by atomic mass is 35.5. The molecular formula is C19H17ClN6S. The number of rotatable bonds is 5. The Morgan fingerprint density at radius 3 is 2.63 bits per heavy atom. The molecule has 0 N–H and O–H groups in total. The van der Waals surface area contributed by atoms with Crippen LogP contribution in [-0.2, 0) is 7.05 Å². The molecule has 4 aromatic rings. The average molecular weight is 397 g/mol. The first-order valence-corrected chi connectivity index (χ1v) is 9.65. The van der Waals surface area contributed by atoms with Gasteiger partial charge in [0.15, 0.2) is 5.16 Å². The van der Waals surface area contributed by atoms with E-state index in [0.717, 1.165) is 22.1 Å². The summed E-state index contributed by atoms with van der Waals surface area (Å²) < 4.78 is 3.70. The fourth-order valence-electron chi connectivity index (χ4n) is 2.67. The highest BCUT2D eigenvalue weighted by molar-refractivity contribution is 7.99. The van der Waals surface area contributed by atoms with Gasteiger partial charge in [-0.1, -0.05) is 52.8 Å². The molecule has 0 spiro atoms. The second-order valence-corrected chi connectivity index (χ2v) is 7.88. The van der Waals surface area contributed by atoms with Crippen LogP contribution < -0.4 is 0 Å². The lowest BCUT2D eigenvalue weighted by atomic mass is 10.1. The van der Waals surface area contributed by atoms with Crippen LogP contribution in [0.5, 0.6) is 0 Å². The third-order valence-electron chi connectivity index (χ3n) is 4.19. The van der Waals surface area contributed by atoms with Crippen LogP contribution in [0.3, 0.4) is 0 Å². The summed E-state index contributed by atoms with van der Waals surface area (Å²) >= 11 is 7.62. The normalized spacial score (nSPS) is 12.3. The molecule has 0 saturated heterocycles. The zero-order valence-corrected chi connectivity index (χ0v) is 16.4. The van der Waals surface area contributed by atoms with Gasteiger partial charge in [-0.15, -0.1) is 15.3 Å². The van der Waals surface area contributed by atoms with Crippen molar-refractivity contribution in [3.63, 3.8) is 0 Å². The van der Waals surface area contributed by atoms with Crippen LogP contribution in [0.4, 0.5) is 0 Å². The Kier molecular flexibility index (Phi) is 4.96. The fraction of sp³-hybridized carbons (Fsp3) is 0.158. The molecule has 0 bridgehead atoms. The minimum Gasteiger partial charge on any atom is -0.312 e. The van der Waals surface area contributed by atoms with Crippen LogP contribution in [0, 0.1) is 0 Å². The Labute approximate surface area is 166 Å². The van der Waals surface area contributed by atoms with Crippen LogP contribution in [0.2, 0.25) is 5.02 Å². The molecule has 0 radical (unpaired) electrons. The van der Waals surface area contributed by atoms with Crippen LogP contribution in [0.15, 0.2) is 66.2 Å².